The molecule has 7 heteroatoms. The standard InChI is InChI=1S/C14H22BrN3O2S/c1-11-13(15)8-12(10-16-2)9-14(11)21(19,20)17-18-6-4-3-5-7-18/h8-9,16-17H,3-7,10H2,1-2H3. The molecular formula is C14H22BrN3O2S. The van der Waals surface area contributed by atoms with Gasteiger partial charge in [0.15, 0.2) is 0 Å². The van der Waals surface area contributed by atoms with Crippen molar-refractivity contribution in [3.63, 3.8) is 0 Å². The molecule has 5 nitrogen and oxygen atoms in total. The minimum Gasteiger partial charge on any atom is -0.316 e. The van der Waals surface area contributed by atoms with E-state index in [1.165, 1.54) is 6.42 Å². The Morgan fingerprint density at radius 3 is 2.52 bits per heavy atom. The van der Waals surface area contributed by atoms with E-state index in [0.29, 0.717) is 11.4 Å². The predicted octanol–water partition coefficient (Wildman–Crippen LogP) is 2.16. The Morgan fingerprint density at radius 1 is 1.24 bits per heavy atom. The van der Waals surface area contributed by atoms with Gasteiger partial charge in [0.1, 0.15) is 0 Å². The number of benzene rings is 1. The van der Waals surface area contributed by atoms with Gasteiger partial charge in [0, 0.05) is 24.1 Å². The summed E-state index contributed by atoms with van der Waals surface area (Å²) in [5, 5.41) is 4.85. The van der Waals surface area contributed by atoms with Crippen LogP contribution in [0.25, 0.3) is 0 Å². The topological polar surface area (TPSA) is 61.4 Å². The minimum absolute atomic E-state index is 0.340. The van der Waals surface area contributed by atoms with Gasteiger partial charge in [-0.3, -0.25) is 0 Å². The van der Waals surface area contributed by atoms with Gasteiger partial charge in [-0.1, -0.05) is 22.4 Å². The molecule has 0 aliphatic carbocycles. The molecule has 1 aromatic carbocycles. The quantitative estimate of drug-likeness (QED) is 0.827. The van der Waals surface area contributed by atoms with Crippen LogP contribution in [0.15, 0.2) is 21.5 Å². The molecule has 0 radical (unpaired) electrons. The fourth-order valence-corrected chi connectivity index (χ4v) is 4.58. The van der Waals surface area contributed by atoms with E-state index in [1.54, 1.807) is 11.1 Å². The number of hydrazine groups is 1. The third kappa shape index (κ3) is 4.26. The molecule has 0 spiro atoms. The summed E-state index contributed by atoms with van der Waals surface area (Å²) in [6.07, 6.45) is 3.23. The summed E-state index contributed by atoms with van der Waals surface area (Å²) in [5.41, 5.74) is 1.67. The van der Waals surface area contributed by atoms with E-state index in [9.17, 15) is 8.42 Å². The molecule has 1 fully saturated rings. The van der Waals surface area contributed by atoms with Crippen LogP contribution in [0, 0.1) is 6.92 Å². The SMILES string of the molecule is CNCc1cc(Br)c(C)c(S(=O)(=O)NN2CCCCC2)c1. The molecule has 0 unspecified atom stereocenters. The van der Waals surface area contributed by atoms with Gasteiger partial charge in [-0.25, -0.2) is 13.4 Å². The Labute approximate surface area is 135 Å². The molecule has 1 heterocycles. The smallest absolute Gasteiger partial charge is 0.253 e. The fourth-order valence-electron chi connectivity index (χ4n) is 2.50. The first-order valence-electron chi connectivity index (χ1n) is 7.15. The number of sulfonamides is 1. The normalized spacial score (nSPS) is 17.1. The lowest BCUT2D eigenvalue weighted by molar-refractivity contribution is 0.200. The summed E-state index contributed by atoms with van der Waals surface area (Å²) in [4.78, 5) is 3.05. The van der Waals surface area contributed by atoms with Crippen molar-refractivity contribution in [1.82, 2.24) is 15.2 Å². The number of nitrogens with zero attached hydrogens (tertiary/aromatic N) is 1. The van der Waals surface area contributed by atoms with Gasteiger partial charge < -0.3 is 5.32 Å². The fraction of sp³-hybridized carbons (Fsp3) is 0.571. The monoisotopic (exact) mass is 375 g/mol. The summed E-state index contributed by atoms with van der Waals surface area (Å²) in [6, 6.07) is 3.69. The van der Waals surface area contributed by atoms with Gasteiger partial charge in [0.2, 0.25) is 0 Å². The van der Waals surface area contributed by atoms with Crippen molar-refractivity contribution < 1.29 is 8.42 Å². The predicted molar refractivity (Wildman–Crippen MR) is 87.4 cm³/mol. The molecule has 1 aliphatic heterocycles. The van der Waals surface area contributed by atoms with E-state index >= 15 is 0 Å². The first-order valence-corrected chi connectivity index (χ1v) is 9.42. The van der Waals surface area contributed by atoms with Crippen LogP contribution in [0.3, 0.4) is 0 Å². The summed E-state index contributed by atoms with van der Waals surface area (Å²) < 4.78 is 26.1. The van der Waals surface area contributed by atoms with E-state index in [0.717, 1.165) is 41.5 Å². The molecule has 1 aliphatic rings. The maximum absolute atomic E-state index is 12.6. The second-order valence-corrected chi connectivity index (χ2v) is 7.86. The summed E-state index contributed by atoms with van der Waals surface area (Å²) >= 11 is 3.45. The van der Waals surface area contributed by atoms with Crippen LogP contribution in [-0.4, -0.2) is 33.6 Å². The molecule has 2 rings (SSSR count). The van der Waals surface area contributed by atoms with Crippen molar-refractivity contribution in [1.29, 1.82) is 0 Å². The van der Waals surface area contributed by atoms with Gasteiger partial charge in [-0.05, 0) is 50.1 Å². The molecule has 0 aromatic heterocycles. The van der Waals surface area contributed by atoms with Crippen molar-refractivity contribution in [3.8, 4) is 0 Å². The van der Waals surface area contributed by atoms with E-state index in [2.05, 4.69) is 26.1 Å². The van der Waals surface area contributed by atoms with Crippen molar-refractivity contribution in [2.24, 2.45) is 0 Å². The highest BCUT2D eigenvalue weighted by atomic mass is 79.9. The molecule has 1 saturated heterocycles. The lowest BCUT2D eigenvalue weighted by Crippen LogP contribution is -2.45. The highest BCUT2D eigenvalue weighted by Gasteiger charge is 2.23. The van der Waals surface area contributed by atoms with Gasteiger partial charge in [0.05, 0.1) is 4.90 Å². The lowest BCUT2D eigenvalue weighted by atomic mass is 10.1. The highest BCUT2D eigenvalue weighted by Crippen LogP contribution is 2.26. The molecule has 1 aromatic rings. The van der Waals surface area contributed by atoms with Crippen LogP contribution < -0.4 is 10.1 Å². The van der Waals surface area contributed by atoms with Crippen molar-refractivity contribution in [2.75, 3.05) is 20.1 Å². The number of piperidine rings is 1. The van der Waals surface area contributed by atoms with Crippen LogP contribution in [0.1, 0.15) is 30.4 Å². The van der Waals surface area contributed by atoms with Gasteiger partial charge in [-0.2, -0.15) is 0 Å². The summed E-state index contributed by atoms with van der Waals surface area (Å²) in [7, 11) is -1.69. The van der Waals surface area contributed by atoms with E-state index in [-0.39, 0.29) is 0 Å². The zero-order valence-electron chi connectivity index (χ0n) is 12.4. The second kappa shape index (κ2) is 7.19. The maximum atomic E-state index is 12.6. The molecule has 0 atom stereocenters. The minimum atomic E-state index is -3.54. The lowest BCUT2D eigenvalue weighted by Gasteiger charge is -2.27. The van der Waals surface area contributed by atoms with Crippen molar-refractivity contribution >= 4 is 26.0 Å². The number of rotatable bonds is 5. The van der Waals surface area contributed by atoms with Crippen molar-refractivity contribution in [2.45, 2.75) is 37.6 Å². The van der Waals surface area contributed by atoms with Crippen LogP contribution in [0.5, 0.6) is 0 Å². The van der Waals surface area contributed by atoms with E-state index in [1.807, 2.05) is 20.0 Å². The molecular weight excluding hydrogens is 354 g/mol. The summed E-state index contributed by atoms with van der Waals surface area (Å²) in [6.45, 7) is 3.99. The number of hydrogen-bond acceptors (Lipinski definition) is 4. The first kappa shape index (κ1) is 16.9. The van der Waals surface area contributed by atoms with Crippen LogP contribution >= 0.6 is 15.9 Å². The zero-order chi connectivity index (χ0) is 15.5. The Hall–Kier alpha value is -0.470. The third-order valence-electron chi connectivity index (χ3n) is 3.63. The van der Waals surface area contributed by atoms with E-state index < -0.39 is 10.0 Å². The Bertz CT molecular complexity index is 598. The van der Waals surface area contributed by atoms with Crippen LogP contribution in [-0.2, 0) is 16.6 Å². The zero-order valence-corrected chi connectivity index (χ0v) is 14.8. The number of nitrogens with one attached hydrogen (secondary N) is 2. The second-order valence-electron chi connectivity index (χ2n) is 5.37. The first-order chi connectivity index (χ1) is 9.94. The average molecular weight is 376 g/mol. The molecule has 21 heavy (non-hydrogen) atoms. The Balaban J connectivity index is 2.29. The highest BCUT2D eigenvalue weighted by molar-refractivity contribution is 9.10. The van der Waals surface area contributed by atoms with Gasteiger partial charge in [0.25, 0.3) is 10.0 Å². The van der Waals surface area contributed by atoms with Crippen molar-refractivity contribution in [3.05, 3.63) is 27.7 Å². The van der Waals surface area contributed by atoms with Crippen LogP contribution in [0.4, 0.5) is 0 Å². The molecule has 118 valence electrons. The molecule has 0 saturated carbocycles. The average Bonchev–Trinajstić information content (AvgIpc) is 2.43. The molecule has 0 amide bonds. The van der Waals surface area contributed by atoms with Crippen LogP contribution in [0.2, 0.25) is 0 Å². The Kier molecular flexibility index (Phi) is 5.79. The number of hydrogen-bond donors (Lipinski definition) is 2. The maximum Gasteiger partial charge on any atom is 0.253 e. The number of halogens is 1. The van der Waals surface area contributed by atoms with E-state index in [4.69, 9.17) is 0 Å². The van der Waals surface area contributed by atoms with Gasteiger partial charge in [-0.15, -0.1) is 4.83 Å². The largest absolute Gasteiger partial charge is 0.316 e. The van der Waals surface area contributed by atoms with Gasteiger partial charge >= 0.3 is 0 Å². The molecule has 0 bridgehead atoms. The summed E-state index contributed by atoms with van der Waals surface area (Å²) in [5.74, 6) is 0. The molecule has 2 N–H and O–H groups in total. The third-order valence-corrected chi connectivity index (χ3v) is 5.96. The Morgan fingerprint density at radius 2 is 1.90 bits per heavy atom.